The summed E-state index contributed by atoms with van der Waals surface area (Å²) in [6.45, 7) is 0. The van der Waals surface area contributed by atoms with Crippen molar-refractivity contribution in [3.63, 3.8) is 0 Å². The van der Waals surface area contributed by atoms with Crippen LogP contribution in [0.5, 0.6) is 5.75 Å². The fourth-order valence-corrected chi connectivity index (χ4v) is 2.28. The molecule has 0 saturated carbocycles. The molecular weight excluding hydrogens is 286 g/mol. The maximum Gasteiger partial charge on any atom is 0.230 e. The average molecular weight is 298 g/mol. The van der Waals surface area contributed by atoms with Gasteiger partial charge < -0.3 is 15.8 Å². The van der Waals surface area contributed by atoms with E-state index in [4.69, 9.17) is 22.1 Å². The molecule has 0 saturated heterocycles. The topological polar surface area (TPSA) is 77.2 Å². The third-order valence-corrected chi connectivity index (χ3v) is 3.30. The van der Waals surface area contributed by atoms with Crippen LogP contribution in [-0.4, -0.2) is 18.0 Å². The van der Waals surface area contributed by atoms with Gasteiger partial charge in [-0.1, -0.05) is 11.6 Å². The van der Waals surface area contributed by atoms with Crippen LogP contribution in [0.4, 0.5) is 10.8 Å². The van der Waals surface area contributed by atoms with E-state index in [9.17, 15) is 4.79 Å². The van der Waals surface area contributed by atoms with Gasteiger partial charge in [0.2, 0.25) is 5.91 Å². The first-order valence-electron chi connectivity index (χ1n) is 5.42. The number of carbonyl (C=O) groups excluding carboxylic acids is 1. The lowest BCUT2D eigenvalue weighted by molar-refractivity contribution is -0.115. The fourth-order valence-electron chi connectivity index (χ4n) is 1.54. The summed E-state index contributed by atoms with van der Waals surface area (Å²) in [4.78, 5) is 15.9. The summed E-state index contributed by atoms with van der Waals surface area (Å²) in [5, 5.41) is 5.46. The Morgan fingerprint density at radius 2 is 2.37 bits per heavy atom. The predicted molar refractivity (Wildman–Crippen MR) is 76.9 cm³/mol. The van der Waals surface area contributed by atoms with E-state index in [-0.39, 0.29) is 12.3 Å². The minimum absolute atomic E-state index is 0.156. The second-order valence-electron chi connectivity index (χ2n) is 3.75. The number of hydrogen-bond donors (Lipinski definition) is 2. The van der Waals surface area contributed by atoms with Gasteiger partial charge in [-0.15, -0.1) is 11.3 Å². The number of methoxy groups -OCH3 is 1. The number of halogens is 1. The minimum Gasteiger partial charge on any atom is -0.495 e. The van der Waals surface area contributed by atoms with E-state index in [0.717, 1.165) is 0 Å². The van der Waals surface area contributed by atoms with Crippen LogP contribution in [0.2, 0.25) is 5.02 Å². The molecule has 1 heterocycles. The molecule has 0 radical (unpaired) electrons. The predicted octanol–water partition coefficient (Wildman–Crippen LogP) is 2.57. The molecule has 0 atom stereocenters. The molecule has 5 nitrogen and oxygen atoms in total. The van der Waals surface area contributed by atoms with Crippen molar-refractivity contribution in [1.82, 2.24) is 4.98 Å². The molecule has 0 spiro atoms. The maximum absolute atomic E-state index is 11.9. The Bertz CT molecular complexity index is 600. The van der Waals surface area contributed by atoms with E-state index in [1.807, 2.05) is 0 Å². The Hall–Kier alpha value is -1.79. The highest BCUT2D eigenvalue weighted by molar-refractivity contribution is 7.13. The van der Waals surface area contributed by atoms with Crippen LogP contribution in [0.15, 0.2) is 23.6 Å². The monoisotopic (exact) mass is 297 g/mol. The summed E-state index contributed by atoms with van der Waals surface area (Å²) in [7, 11) is 1.53. The van der Waals surface area contributed by atoms with Crippen molar-refractivity contribution in [2.45, 2.75) is 6.42 Å². The van der Waals surface area contributed by atoms with Crippen molar-refractivity contribution in [3.8, 4) is 5.75 Å². The fraction of sp³-hybridized carbons (Fsp3) is 0.167. The van der Waals surface area contributed by atoms with Gasteiger partial charge in [-0.2, -0.15) is 0 Å². The van der Waals surface area contributed by atoms with E-state index in [2.05, 4.69) is 10.3 Å². The highest BCUT2D eigenvalue weighted by Gasteiger charge is 2.10. The van der Waals surface area contributed by atoms with Crippen molar-refractivity contribution in [2.24, 2.45) is 0 Å². The van der Waals surface area contributed by atoms with Gasteiger partial charge in [0.05, 0.1) is 24.9 Å². The summed E-state index contributed by atoms with van der Waals surface area (Å²) >= 11 is 7.19. The van der Waals surface area contributed by atoms with E-state index in [0.29, 0.717) is 27.3 Å². The quantitative estimate of drug-likeness (QED) is 0.909. The summed E-state index contributed by atoms with van der Waals surface area (Å²) in [5.74, 6) is 0.349. The molecule has 3 N–H and O–H groups in total. The Kier molecular flexibility index (Phi) is 4.24. The molecule has 1 amide bonds. The smallest absolute Gasteiger partial charge is 0.230 e. The van der Waals surface area contributed by atoms with Gasteiger partial charge in [-0.05, 0) is 18.2 Å². The van der Waals surface area contributed by atoms with Gasteiger partial charge in [0.15, 0.2) is 5.13 Å². The Balaban J connectivity index is 2.08. The third kappa shape index (κ3) is 3.59. The maximum atomic E-state index is 11.9. The number of carbonyl (C=O) groups is 1. The third-order valence-electron chi connectivity index (χ3n) is 2.35. The van der Waals surface area contributed by atoms with Crippen LogP contribution < -0.4 is 15.8 Å². The summed E-state index contributed by atoms with van der Waals surface area (Å²) in [5.41, 5.74) is 6.68. The number of benzene rings is 1. The first-order chi connectivity index (χ1) is 9.08. The van der Waals surface area contributed by atoms with Crippen LogP contribution in [0.1, 0.15) is 5.69 Å². The number of nitrogens with one attached hydrogen (secondary N) is 1. The number of rotatable bonds is 4. The van der Waals surface area contributed by atoms with Gasteiger partial charge in [-0.3, -0.25) is 4.79 Å². The molecule has 2 rings (SSSR count). The molecular formula is C12H12ClN3O2S. The Morgan fingerprint density at radius 1 is 1.58 bits per heavy atom. The second kappa shape index (κ2) is 5.90. The van der Waals surface area contributed by atoms with Crippen molar-refractivity contribution in [2.75, 3.05) is 18.2 Å². The van der Waals surface area contributed by atoms with Gasteiger partial charge in [-0.25, -0.2) is 4.98 Å². The number of ether oxygens (including phenoxy) is 1. The number of nitrogen functional groups attached to an aromatic ring is 1. The lowest BCUT2D eigenvalue weighted by Crippen LogP contribution is -2.15. The van der Waals surface area contributed by atoms with Crippen LogP contribution in [-0.2, 0) is 11.2 Å². The standard InChI is InChI=1S/C12H12ClN3O2S/c1-18-10-3-2-7(13)4-9(10)16-11(17)5-8-6-19-12(14)15-8/h2-4,6H,5H2,1H3,(H2,14,15)(H,16,17). The lowest BCUT2D eigenvalue weighted by atomic mass is 10.2. The number of nitrogens with two attached hydrogens (primary N) is 1. The number of anilines is 2. The molecule has 0 aliphatic rings. The van der Waals surface area contributed by atoms with Gasteiger partial charge in [0.1, 0.15) is 5.75 Å². The minimum atomic E-state index is -0.203. The van der Waals surface area contributed by atoms with Crippen molar-refractivity contribution < 1.29 is 9.53 Å². The van der Waals surface area contributed by atoms with E-state index in [1.165, 1.54) is 18.4 Å². The van der Waals surface area contributed by atoms with E-state index in [1.54, 1.807) is 23.6 Å². The van der Waals surface area contributed by atoms with Crippen LogP contribution in [0.3, 0.4) is 0 Å². The normalized spacial score (nSPS) is 10.2. The molecule has 2 aromatic rings. The number of hydrogen-bond acceptors (Lipinski definition) is 5. The zero-order chi connectivity index (χ0) is 13.8. The molecule has 100 valence electrons. The Morgan fingerprint density at radius 3 is 3.00 bits per heavy atom. The molecule has 19 heavy (non-hydrogen) atoms. The molecule has 0 fully saturated rings. The molecule has 7 heteroatoms. The number of nitrogens with zero attached hydrogens (tertiary/aromatic N) is 1. The summed E-state index contributed by atoms with van der Waals surface area (Å²) in [6.07, 6.45) is 0.156. The zero-order valence-electron chi connectivity index (χ0n) is 10.1. The highest BCUT2D eigenvalue weighted by atomic mass is 35.5. The lowest BCUT2D eigenvalue weighted by Gasteiger charge is -2.09. The van der Waals surface area contributed by atoms with Crippen LogP contribution >= 0.6 is 22.9 Å². The van der Waals surface area contributed by atoms with Crippen molar-refractivity contribution >= 4 is 39.7 Å². The van der Waals surface area contributed by atoms with E-state index >= 15 is 0 Å². The molecule has 0 unspecified atom stereocenters. The van der Waals surface area contributed by atoms with E-state index < -0.39 is 0 Å². The summed E-state index contributed by atoms with van der Waals surface area (Å²) < 4.78 is 5.15. The van der Waals surface area contributed by atoms with Crippen molar-refractivity contribution in [3.05, 3.63) is 34.3 Å². The molecule has 0 bridgehead atoms. The van der Waals surface area contributed by atoms with Crippen molar-refractivity contribution in [1.29, 1.82) is 0 Å². The largest absolute Gasteiger partial charge is 0.495 e. The highest BCUT2D eigenvalue weighted by Crippen LogP contribution is 2.27. The molecule has 0 aliphatic carbocycles. The molecule has 1 aromatic carbocycles. The Labute approximate surface area is 119 Å². The SMILES string of the molecule is COc1ccc(Cl)cc1NC(=O)Cc1csc(N)n1. The summed E-state index contributed by atoms with van der Waals surface area (Å²) in [6, 6.07) is 5.02. The number of amides is 1. The number of thiazole rings is 1. The first-order valence-corrected chi connectivity index (χ1v) is 6.67. The van der Waals surface area contributed by atoms with Gasteiger partial charge in [0.25, 0.3) is 0 Å². The molecule has 0 aliphatic heterocycles. The zero-order valence-corrected chi connectivity index (χ0v) is 11.7. The van der Waals surface area contributed by atoms with Gasteiger partial charge in [0, 0.05) is 10.4 Å². The number of aromatic nitrogens is 1. The average Bonchev–Trinajstić information content (AvgIpc) is 2.75. The first kappa shape index (κ1) is 13.6. The molecule has 1 aromatic heterocycles. The second-order valence-corrected chi connectivity index (χ2v) is 5.07. The van der Waals surface area contributed by atoms with Gasteiger partial charge >= 0.3 is 0 Å². The van der Waals surface area contributed by atoms with Crippen LogP contribution in [0.25, 0.3) is 0 Å². The van der Waals surface area contributed by atoms with Crippen LogP contribution in [0, 0.1) is 0 Å².